The lowest BCUT2D eigenvalue weighted by Crippen LogP contribution is -2.58. The predicted molar refractivity (Wildman–Crippen MR) is 88.0 cm³/mol. The fraction of sp³-hybridized carbons (Fsp3) is 0.588. The molecule has 1 saturated heterocycles. The topological polar surface area (TPSA) is 71.0 Å². The first-order valence-corrected chi connectivity index (χ1v) is 8.12. The van der Waals surface area contributed by atoms with Crippen LogP contribution in [-0.2, 0) is 11.3 Å². The van der Waals surface area contributed by atoms with Gasteiger partial charge < -0.3 is 24.8 Å². The summed E-state index contributed by atoms with van der Waals surface area (Å²) in [7, 11) is 3.05. The molecular weight excluding hydrogens is 334 g/mol. The van der Waals surface area contributed by atoms with E-state index < -0.39 is 24.5 Å². The molecule has 1 atom stereocenters. The van der Waals surface area contributed by atoms with Crippen molar-refractivity contribution in [3.8, 4) is 11.5 Å². The summed E-state index contributed by atoms with van der Waals surface area (Å²) in [5.74, 6) is 0.617. The van der Waals surface area contributed by atoms with E-state index in [9.17, 15) is 18.7 Å². The molecule has 0 aromatic heterocycles. The van der Waals surface area contributed by atoms with Gasteiger partial charge in [0.05, 0.1) is 20.8 Å². The molecule has 0 unspecified atom stereocenters. The minimum atomic E-state index is -2.53. The molecule has 1 heterocycles. The Morgan fingerprint density at radius 1 is 1.36 bits per heavy atom. The van der Waals surface area contributed by atoms with Crippen LogP contribution < -0.4 is 14.8 Å². The molecule has 2 N–H and O–H groups in total. The highest BCUT2D eigenvalue weighted by Gasteiger charge is 2.42. The van der Waals surface area contributed by atoms with Crippen molar-refractivity contribution in [1.82, 2.24) is 10.2 Å². The van der Waals surface area contributed by atoms with Crippen LogP contribution in [0, 0.1) is 0 Å². The summed E-state index contributed by atoms with van der Waals surface area (Å²) < 4.78 is 35.1. The Balaban J connectivity index is 2.11. The highest BCUT2D eigenvalue weighted by Crippen LogP contribution is 2.33. The largest absolute Gasteiger partial charge is 0.493 e. The zero-order valence-corrected chi connectivity index (χ0v) is 14.4. The van der Waals surface area contributed by atoms with E-state index in [1.54, 1.807) is 12.1 Å². The van der Waals surface area contributed by atoms with Crippen molar-refractivity contribution in [1.29, 1.82) is 0 Å². The third-order valence-corrected chi connectivity index (χ3v) is 4.27. The maximum Gasteiger partial charge on any atom is 0.256 e. The molecule has 1 amide bonds. The molecule has 6 nitrogen and oxygen atoms in total. The number of rotatable bonds is 8. The van der Waals surface area contributed by atoms with Gasteiger partial charge in [-0.2, -0.15) is 0 Å². The zero-order valence-electron chi connectivity index (χ0n) is 14.4. The third kappa shape index (κ3) is 4.58. The van der Waals surface area contributed by atoms with Gasteiger partial charge in [0.2, 0.25) is 0 Å². The quantitative estimate of drug-likeness (QED) is 0.735. The van der Waals surface area contributed by atoms with E-state index in [0.29, 0.717) is 24.5 Å². The summed E-state index contributed by atoms with van der Waals surface area (Å²) in [6.45, 7) is -0.0199. The van der Waals surface area contributed by atoms with E-state index in [0.717, 1.165) is 5.56 Å². The number of benzene rings is 1. The number of nitrogens with one attached hydrogen (secondary N) is 1. The lowest BCUT2D eigenvalue weighted by molar-refractivity contribution is -0.157. The molecule has 0 spiro atoms. The molecule has 0 saturated carbocycles. The lowest BCUT2D eigenvalue weighted by atomic mass is 9.91. The minimum Gasteiger partial charge on any atom is -0.493 e. The van der Waals surface area contributed by atoms with Crippen LogP contribution in [0.25, 0.3) is 0 Å². The highest BCUT2D eigenvalue weighted by molar-refractivity contribution is 5.86. The van der Waals surface area contributed by atoms with E-state index in [1.165, 1.54) is 19.1 Å². The number of piperidine rings is 1. The third-order valence-electron chi connectivity index (χ3n) is 4.27. The molecule has 1 aliphatic heterocycles. The lowest BCUT2D eigenvalue weighted by Gasteiger charge is -2.38. The second-order valence-corrected chi connectivity index (χ2v) is 6.04. The Kier molecular flexibility index (Phi) is 6.55. The Morgan fingerprint density at radius 2 is 2.12 bits per heavy atom. The average Bonchev–Trinajstić information content (AvgIpc) is 2.58. The summed E-state index contributed by atoms with van der Waals surface area (Å²) in [5, 5.41) is 13.0. The van der Waals surface area contributed by atoms with Crippen molar-refractivity contribution >= 4 is 5.91 Å². The van der Waals surface area contributed by atoms with Gasteiger partial charge in [0.15, 0.2) is 17.1 Å². The number of aliphatic hydroxyl groups is 1. The van der Waals surface area contributed by atoms with Crippen LogP contribution >= 0.6 is 0 Å². The van der Waals surface area contributed by atoms with Crippen molar-refractivity contribution in [2.24, 2.45) is 0 Å². The fourth-order valence-corrected chi connectivity index (χ4v) is 3.05. The number of carbonyl (C=O) groups is 1. The second kappa shape index (κ2) is 8.44. The van der Waals surface area contributed by atoms with E-state index in [2.05, 4.69) is 5.32 Å². The number of hydrogen-bond donors (Lipinski definition) is 2. The molecule has 1 aromatic carbocycles. The van der Waals surface area contributed by atoms with Crippen molar-refractivity contribution in [2.45, 2.75) is 31.4 Å². The van der Waals surface area contributed by atoms with Gasteiger partial charge in [-0.1, -0.05) is 12.1 Å². The van der Waals surface area contributed by atoms with E-state index in [-0.39, 0.29) is 19.5 Å². The summed E-state index contributed by atoms with van der Waals surface area (Å²) in [6, 6.07) is 5.36. The van der Waals surface area contributed by atoms with Gasteiger partial charge in [0, 0.05) is 25.2 Å². The van der Waals surface area contributed by atoms with Crippen molar-refractivity contribution in [3.05, 3.63) is 23.8 Å². The summed E-state index contributed by atoms with van der Waals surface area (Å²) in [6.07, 6.45) is -1.70. The molecule has 8 heteroatoms. The molecule has 1 aliphatic rings. The SMILES string of the molecule is COc1cccc(CN2CCC[C@](O)(CNCC(F)F)C2=O)c1OC. The smallest absolute Gasteiger partial charge is 0.256 e. The molecule has 0 radical (unpaired) electrons. The van der Waals surface area contributed by atoms with Gasteiger partial charge in [-0.15, -0.1) is 0 Å². The number of ether oxygens (including phenoxy) is 2. The van der Waals surface area contributed by atoms with Gasteiger partial charge in [0.25, 0.3) is 12.3 Å². The maximum absolute atomic E-state index is 12.7. The number of hydrogen-bond acceptors (Lipinski definition) is 5. The summed E-state index contributed by atoms with van der Waals surface area (Å²) in [4.78, 5) is 14.2. The van der Waals surface area contributed by atoms with Crippen molar-refractivity contribution < 1.29 is 28.2 Å². The Hall–Kier alpha value is -1.93. The normalized spacial score (nSPS) is 20.9. The number of alkyl halides is 2. The number of nitrogens with zero attached hydrogens (tertiary/aromatic N) is 1. The molecule has 1 aromatic rings. The van der Waals surface area contributed by atoms with Crippen LogP contribution in [0.2, 0.25) is 0 Å². The molecule has 0 aliphatic carbocycles. The maximum atomic E-state index is 12.7. The van der Waals surface area contributed by atoms with E-state index >= 15 is 0 Å². The van der Waals surface area contributed by atoms with Crippen LogP contribution in [0.1, 0.15) is 18.4 Å². The molecule has 25 heavy (non-hydrogen) atoms. The van der Waals surface area contributed by atoms with Crippen molar-refractivity contribution in [3.63, 3.8) is 0 Å². The number of halogens is 2. The van der Waals surface area contributed by atoms with Gasteiger partial charge >= 0.3 is 0 Å². The summed E-state index contributed by atoms with van der Waals surface area (Å²) in [5.41, 5.74) is -0.917. The van der Waals surface area contributed by atoms with Crippen molar-refractivity contribution in [2.75, 3.05) is 33.9 Å². The average molecular weight is 358 g/mol. The van der Waals surface area contributed by atoms with Gasteiger partial charge in [-0.25, -0.2) is 8.78 Å². The van der Waals surface area contributed by atoms with Gasteiger partial charge in [-0.05, 0) is 18.9 Å². The van der Waals surface area contributed by atoms with Crippen LogP contribution in [0.5, 0.6) is 11.5 Å². The number of carbonyl (C=O) groups excluding carboxylic acids is 1. The van der Waals surface area contributed by atoms with Gasteiger partial charge in [0.1, 0.15) is 0 Å². The zero-order chi connectivity index (χ0) is 18.4. The van der Waals surface area contributed by atoms with Crippen LogP contribution in [-0.4, -0.2) is 61.8 Å². The number of likely N-dealkylation sites (tertiary alicyclic amines) is 1. The minimum absolute atomic E-state index is 0.193. The van der Waals surface area contributed by atoms with Crippen LogP contribution in [0.3, 0.4) is 0 Å². The molecule has 2 rings (SSSR count). The predicted octanol–water partition coefficient (Wildman–Crippen LogP) is 1.41. The molecule has 140 valence electrons. The first-order valence-electron chi connectivity index (χ1n) is 8.12. The number of amides is 1. The second-order valence-electron chi connectivity index (χ2n) is 6.04. The molecular formula is C17H24F2N2O4. The highest BCUT2D eigenvalue weighted by atomic mass is 19.3. The molecule has 1 fully saturated rings. The Labute approximate surface area is 145 Å². The Bertz CT molecular complexity index is 600. The van der Waals surface area contributed by atoms with Gasteiger partial charge in [-0.3, -0.25) is 4.79 Å². The van der Waals surface area contributed by atoms with E-state index in [4.69, 9.17) is 9.47 Å². The number of para-hydroxylation sites is 1. The first kappa shape index (κ1) is 19.4. The van der Waals surface area contributed by atoms with Crippen LogP contribution in [0.4, 0.5) is 8.78 Å². The van der Waals surface area contributed by atoms with Crippen LogP contribution in [0.15, 0.2) is 18.2 Å². The standard InChI is InChI=1S/C17H24F2N2O4/c1-24-13-6-3-5-12(15(13)25-2)10-21-8-4-7-17(23,16(21)22)11-20-9-14(18)19/h3,5-6,14,20,23H,4,7-11H2,1-2H3/t17-/m0/s1. The number of methoxy groups -OCH3 is 2. The fourth-order valence-electron chi connectivity index (χ4n) is 3.05. The molecule has 0 bridgehead atoms. The first-order chi connectivity index (χ1) is 11.9. The monoisotopic (exact) mass is 358 g/mol. The Morgan fingerprint density at radius 3 is 2.76 bits per heavy atom. The van der Waals surface area contributed by atoms with E-state index in [1.807, 2.05) is 6.07 Å². The summed E-state index contributed by atoms with van der Waals surface area (Å²) >= 11 is 0.